The molecule has 1 atom stereocenters. The summed E-state index contributed by atoms with van der Waals surface area (Å²) >= 11 is 1.55. The Morgan fingerprint density at radius 1 is 1.71 bits per heavy atom. The van der Waals surface area contributed by atoms with E-state index < -0.39 is 0 Å². The van der Waals surface area contributed by atoms with E-state index in [1.54, 1.807) is 11.3 Å². The first kappa shape index (κ1) is 11.3. The maximum absolute atomic E-state index is 11.6. The molecule has 2 N–H and O–H groups in total. The van der Waals surface area contributed by atoms with E-state index in [-0.39, 0.29) is 11.7 Å². The van der Waals surface area contributed by atoms with Crippen molar-refractivity contribution < 1.29 is 4.79 Å². The number of nitrogens with two attached hydrogens (primary N) is 1. The third-order valence-corrected chi connectivity index (χ3v) is 3.11. The predicted molar refractivity (Wildman–Crippen MR) is 58.4 cm³/mol. The van der Waals surface area contributed by atoms with Crippen LogP contribution in [-0.4, -0.2) is 17.3 Å². The highest BCUT2D eigenvalue weighted by Crippen LogP contribution is 2.13. The molecular weight excluding hydrogens is 196 g/mol. The van der Waals surface area contributed by atoms with Crippen molar-refractivity contribution >= 4 is 17.1 Å². The van der Waals surface area contributed by atoms with Gasteiger partial charge in [0.1, 0.15) is 10.8 Å². The molecule has 1 aromatic heterocycles. The first-order valence-electron chi connectivity index (χ1n) is 4.77. The van der Waals surface area contributed by atoms with Crippen LogP contribution in [0.2, 0.25) is 0 Å². The summed E-state index contributed by atoms with van der Waals surface area (Å²) in [5.41, 5.74) is 6.39. The summed E-state index contributed by atoms with van der Waals surface area (Å²) in [5.74, 6) is 0.300. The molecule has 0 aliphatic carbocycles. The Hall–Kier alpha value is -0.740. The molecule has 0 saturated carbocycles. The average Bonchev–Trinajstić information content (AvgIpc) is 2.51. The highest BCUT2D eigenvalue weighted by molar-refractivity contribution is 7.09. The van der Waals surface area contributed by atoms with E-state index in [0.29, 0.717) is 13.0 Å². The second kappa shape index (κ2) is 5.22. The van der Waals surface area contributed by atoms with Crippen molar-refractivity contribution in [2.75, 3.05) is 6.54 Å². The van der Waals surface area contributed by atoms with E-state index >= 15 is 0 Å². The molecule has 1 rings (SSSR count). The van der Waals surface area contributed by atoms with Crippen molar-refractivity contribution in [2.24, 2.45) is 11.7 Å². The lowest BCUT2D eigenvalue weighted by molar-refractivity contribution is -0.121. The van der Waals surface area contributed by atoms with Gasteiger partial charge in [0, 0.05) is 17.0 Å². The van der Waals surface area contributed by atoms with Crippen LogP contribution in [0.15, 0.2) is 5.38 Å². The van der Waals surface area contributed by atoms with Crippen LogP contribution in [0, 0.1) is 12.8 Å². The molecule has 0 aromatic carbocycles. The Kier molecular flexibility index (Phi) is 4.22. The number of hydrogen-bond acceptors (Lipinski definition) is 4. The van der Waals surface area contributed by atoms with Crippen LogP contribution in [0.1, 0.15) is 24.0 Å². The van der Waals surface area contributed by atoms with E-state index in [9.17, 15) is 4.79 Å². The third kappa shape index (κ3) is 3.20. The van der Waals surface area contributed by atoms with Crippen molar-refractivity contribution in [2.45, 2.75) is 26.7 Å². The number of rotatable bonds is 5. The molecule has 3 nitrogen and oxygen atoms in total. The molecule has 0 amide bonds. The maximum Gasteiger partial charge on any atom is 0.142 e. The topological polar surface area (TPSA) is 56.0 Å². The molecule has 78 valence electrons. The summed E-state index contributed by atoms with van der Waals surface area (Å²) in [6.07, 6.45) is 1.23. The van der Waals surface area contributed by atoms with Gasteiger partial charge in [0.05, 0.1) is 6.42 Å². The summed E-state index contributed by atoms with van der Waals surface area (Å²) in [4.78, 5) is 15.9. The summed E-state index contributed by atoms with van der Waals surface area (Å²) in [6, 6.07) is 0. The number of carbonyl (C=O) groups is 1. The SMILES string of the molecule is Cc1csc(CC(=O)C(C)CCN)n1. The lowest BCUT2D eigenvalue weighted by Crippen LogP contribution is -2.17. The van der Waals surface area contributed by atoms with Gasteiger partial charge in [0.25, 0.3) is 0 Å². The number of aryl methyl sites for hydroxylation is 1. The molecule has 0 spiro atoms. The minimum Gasteiger partial charge on any atom is -0.330 e. The van der Waals surface area contributed by atoms with E-state index in [1.165, 1.54) is 0 Å². The van der Waals surface area contributed by atoms with Gasteiger partial charge in [0.15, 0.2) is 0 Å². The van der Waals surface area contributed by atoms with Gasteiger partial charge in [-0.15, -0.1) is 11.3 Å². The molecule has 1 heterocycles. The smallest absolute Gasteiger partial charge is 0.142 e. The van der Waals surface area contributed by atoms with Gasteiger partial charge in [-0.3, -0.25) is 4.79 Å². The molecular formula is C10H16N2OS. The number of nitrogens with zero attached hydrogens (tertiary/aromatic N) is 1. The zero-order valence-electron chi connectivity index (χ0n) is 8.62. The number of thiazole rings is 1. The predicted octanol–water partition coefficient (Wildman–Crippen LogP) is 1.55. The molecule has 0 fully saturated rings. The van der Waals surface area contributed by atoms with Crippen LogP contribution < -0.4 is 5.73 Å². The molecule has 0 aliphatic heterocycles. The Morgan fingerprint density at radius 3 is 2.93 bits per heavy atom. The number of aromatic nitrogens is 1. The third-order valence-electron chi connectivity index (χ3n) is 2.14. The van der Waals surface area contributed by atoms with Crippen molar-refractivity contribution in [1.82, 2.24) is 4.98 Å². The maximum atomic E-state index is 11.6. The second-order valence-corrected chi connectivity index (χ2v) is 4.45. The van der Waals surface area contributed by atoms with Crippen LogP contribution in [0.4, 0.5) is 0 Å². The highest BCUT2D eigenvalue weighted by Gasteiger charge is 2.13. The highest BCUT2D eigenvalue weighted by atomic mass is 32.1. The van der Waals surface area contributed by atoms with Gasteiger partial charge in [0.2, 0.25) is 0 Å². The fraction of sp³-hybridized carbons (Fsp3) is 0.600. The zero-order chi connectivity index (χ0) is 10.6. The number of ketones is 1. The van der Waals surface area contributed by atoms with Crippen LogP contribution >= 0.6 is 11.3 Å². The molecule has 0 bridgehead atoms. The van der Waals surface area contributed by atoms with Gasteiger partial charge < -0.3 is 5.73 Å². The Labute approximate surface area is 88.3 Å². The second-order valence-electron chi connectivity index (χ2n) is 3.50. The summed E-state index contributed by atoms with van der Waals surface area (Å²) in [7, 11) is 0. The van der Waals surface area contributed by atoms with Crippen LogP contribution in [0.25, 0.3) is 0 Å². The van der Waals surface area contributed by atoms with Crippen molar-refractivity contribution in [3.8, 4) is 0 Å². The van der Waals surface area contributed by atoms with Gasteiger partial charge in [-0.2, -0.15) is 0 Å². The van der Waals surface area contributed by atoms with Gasteiger partial charge >= 0.3 is 0 Å². The van der Waals surface area contributed by atoms with Crippen LogP contribution in [0.5, 0.6) is 0 Å². The average molecular weight is 212 g/mol. The summed E-state index contributed by atoms with van der Waals surface area (Å²) < 4.78 is 0. The first-order valence-corrected chi connectivity index (χ1v) is 5.65. The Morgan fingerprint density at radius 2 is 2.43 bits per heavy atom. The summed E-state index contributed by atoms with van der Waals surface area (Å²) in [6.45, 7) is 4.44. The van der Waals surface area contributed by atoms with Crippen LogP contribution in [-0.2, 0) is 11.2 Å². The molecule has 0 aliphatic rings. The van der Waals surface area contributed by atoms with E-state index in [0.717, 1.165) is 17.1 Å². The van der Waals surface area contributed by atoms with Crippen molar-refractivity contribution in [1.29, 1.82) is 0 Å². The van der Waals surface area contributed by atoms with Gasteiger partial charge in [-0.25, -0.2) is 4.98 Å². The number of carbonyl (C=O) groups excluding carboxylic acids is 1. The molecule has 1 unspecified atom stereocenters. The van der Waals surface area contributed by atoms with Gasteiger partial charge in [-0.1, -0.05) is 6.92 Å². The monoisotopic (exact) mass is 212 g/mol. The number of hydrogen-bond donors (Lipinski definition) is 1. The zero-order valence-corrected chi connectivity index (χ0v) is 9.43. The van der Waals surface area contributed by atoms with E-state index in [1.807, 2.05) is 19.2 Å². The van der Waals surface area contributed by atoms with E-state index in [4.69, 9.17) is 5.73 Å². The number of Topliss-reactive ketones (excluding diaryl/α,β-unsaturated/α-hetero) is 1. The van der Waals surface area contributed by atoms with Crippen LogP contribution in [0.3, 0.4) is 0 Å². The van der Waals surface area contributed by atoms with E-state index in [2.05, 4.69) is 4.98 Å². The molecule has 4 heteroatoms. The Balaban J connectivity index is 2.48. The summed E-state index contributed by atoms with van der Waals surface area (Å²) in [5, 5.41) is 2.88. The minimum atomic E-state index is 0.0595. The fourth-order valence-electron chi connectivity index (χ4n) is 1.22. The lowest BCUT2D eigenvalue weighted by Gasteiger charge is -2.06. The molecule has 0 radical (unpaired) electrons. The molecule has 14 heavy (non-hydrogen) atoms. The van der Waals surface area contributed by atoms with Crippen molar-refractivity contribution in [3.05, 3.63) is 16.1 Å². The molecule has 0 saturated heterocycles. The van der Waals surface area contributed by atoms with Gasteiger partial charge in [-0.05, 0) is 19.9 Å². The normalized spacial score (nSPS) is 12.8. The minimum absolute atomic E-state index is 0.0595. The quantitative estimate of drug-likeness (QED) is 0.805. The first-order chi connectivity index (χ1) is 6.63. The largest absolute Gasteiger partial charge is 0.330 e. The Bertz CT molecular complexity index is 309. The standard InChI is InChI=1S/C10H16N2OS/c1-7(3-4-11)9(13)5-10-12-8(2)6-14-10/h6-7H,3-5,11H2,1-2H3. The lowest BCUT2D eigenvalue weighted by atomic mass is 10.0. The molecule has 1 aromatic rings. The fourth-order valence-corrected chi connectivity index (χ4v) is 2.00. The van der Waals surface area contributed by atoms with Crippen molar-refractivity contribution in [3.63, 3.8) is 0 Å².